The van der Waals surface area contributed by atoms with E-state index < -0.39 is 0 Å². The van der Waals surface area contributed by atoms with Gasteiger partial charge in [-0.05, 0) is 25.7 Å². The van der Waals surface area contributed by atoms with Gasteiger partial charge in [0.05, 0.1) is 0 Å². The summed E-state index contributed by atoms with van der Waals surface area (Å²) in [6.45, 7) is 1.44. The standard InChI is InChI=1S/C10H17N3O2/c11-9(12-15)8-2-1-5-13(6-8)10(14)7-3-4-7/h7-8,15H,1-6H2,(H2,11,12). The summed E-state index contributed by atoms with van der Waals surface area (Å²) >= 11 is 0. The lowest BCUT2D eigenvalue weighted by Crippen LogP contribution is -2.44. The van der Waals surface area contributed by atoms with E-state index >= 15 is 0 Å². The van der Waals surface area contributed by atoms with Gasteiger partial charge in [-0.3, -0.25) is 4.79 Å². The Labute approximate surface area is 88.9 Å². The topological polar surface area (TPSA) is 78.9 Å². The minimum absolute atomic E-state index is 0.0337. The van der Waals surface area contributed by atoms with Crippen molar-refractivity contribution in [2.24, 2.45) is 22.7 Å². The first kappa shape index (κ1) is 10.3. The van der Waals surface area contributed by atoms with E-state index in [1.165, 1.54) is 0 Å². The molecule has 1 amide bonds. The summed E-state index contributed by atoms with van der Waals surface area (Å²) in [5.74, 6) is 0.802. The molecule has 1 unspecified atom stereocenters. The minimum atomic E-state index is 0.0337. The molecule has 0 aromatic carbocycles. The highest BCUT2D eigenvalue weighted by molar-refractivity contribution is 5.85. The van der Waals surface area contributed by atoms with Crippen LogP contribution in [0.5, 0.6) is 0 Å². The van der Waals surface area contributed by atoms with Gasteiger partial charge in [-0.2, -0.15) is 0 Å². The van der Waals surface area contributed by atoms with Gasteiger partial charge >= 0.3 is 0 Å². The zero-order valence-corrected chi connectivity index (χ0v) is 8.72. The van der Waals surface area contributed by atoms with Gasteiger partial charge < -0.3 is 15.8 Å². The maximum Gasteiger partial charge on any atom is 0.225 e. The van der Waals surface area contributed by atoms with E-state index in [0.717, 1.165) is 32.2 Å². The van der Waals surface area contributed by atoms with Gasteiger partial charge in [0.15, 0.2) is 0 Å². The monoisotopic (exact) mass is 211 g/mol. The summed E-state index contributed by atoms with van der Waals surface area (Å²) in [4.78, 5) is 13.7. The van der Waals surface area contributed by atoms with Crippen LogP contribution in [0, 0.1) is 11.8 Å². The number of amides is 1. The normalized spacial score (nSPS) is 27.9. The number of likely N-dealkylation sites (tertiary alicyclic amines) is 1. The molecule has 0 radical (unpaired) electrons. The number of oxime groups is 1. The average molecular weight is 211 g/mol. The fraction of sp³-hybridized carbons (Fsp3) is 0.800. The summed E-state index contributed by atoms with van der Waals surface area (Å²) in [7, 11) is 0. The van der Waals surface area contributed by atoms with Crippen molar-refractivity contribution in [1.29, 1.82) is 0 Å². The summed E-state index contributed by atoms with van der Waals surface area (Å²) in [6, 6.07) is 0. The molecule has 1 atom stereocenters. The van der Waals surface area contributed by atoms with Crippen LogP contribution in [0.3, 0.4) is 0 Å². The molecule has 1 aliphatic heterocycles. The maximum atomic E-state index is 11.8. The van der Waals surface area contributed by atoms with Crippen LogP contribution in [-0.4, -0.2) is 34.9 Å². The lowest BCUT2D eigenvalue weighted by molar-refractivity contribution is -0.133. The van der Waals surface area contributed by atoms with Crippen molar-refractivity contribution >= 4 is 11.7 Å². The Morgan fingerprint density at radius 3 is 2.67 bits per heavy atom. The number of carbonyl (C=O) groups excluding carboxylic acids is 1. The second kappa shape index (κ2) is 4.08. The number of piperidine rings is 1. The first-order chi connectivity index (χ1) is 7.22. The highest BCUT2D eigenvalue weighted by Gasteiger charge is 2.35. The average Bonchev–Trinajstić information content (AvgIpc) is 3.11. The Bertz CT molecular complexity index is 286. The fourth-order valence-electron chi connectivity index (χ4n) is 2.09. The van der Waals surface area contributed by atoms with Crippen molar-refractivity contribution in [2.45, 2.75) is 25.7 Å². The molecule has 1 saturated carbocycles. The van der Waals surface area contributed by atoms with E-state index in [2.05, 4.69) is 5.16 Å². The second-order valence-corrected chi connectivity index (χ2v) is 4.42. The third-order valence-corrected chi connectivity index (χ3v) is 3.19. The molecule has 0 aromatic heterocycles. The minimum Gasteiger partial charge on any atom is -0.409 e. The van der Waals surface area contributed by atoms with Crippen molar-refractivity contribution in [3.05, 3.63) is 0 Å². The van der Waals surface area contributed by atoms with Gasteiger partial charge in [0.25, 0.3) is 0 Å². The Balaban J connectivity index is 1.94. The Morgan fingerprint density at radius 2 is 2.07 bits per heavy atom. The lowest BCUT2D eigenvalue weighted by Gasteiger charge is -2.32. The van der Waals surface area contributed by atoms with Crippen LogP contribution in [0.4, 0.5) is 0 Å². The first-order valence-electron chi connectivity index (χ1n) is 5.48. The largest absolute Gasteiger partial charge is 0.409 e. The van der Waals surface area contributed by atoms with Gasteiger partial charge in [-0.15, -0.1) is 0 Å². The van der Waals surface area contributed by atoms with Crippen molar-refractivity contribution in [3.8, 4) is 0 Å². The van der Waals surface area contributed by atoms with Crippen LogP contribution in [0.1, 0.15) is 25.7 Å². The van der Waals surface area contributed by atoms with E-state index in [4.69, 9.17) is 10.9 Å². The Hall–Kier alpha value is -1.26. The third-order valence-electron chi connectivity index (χ3n) is 3.19. The summed E-state index contributed by atoms with van der Waals surface area (Å²) in [5, 5.41) is 11.6. The molecular weight excluding hydrogens is 194 g/mol. The Kier molecular flexibility index (Phi) is 2.79. The van der Waals surface area contributed by atoms with E-state index in [9.17, 15) is 4.79 Å². The van der Waals surface area contributed by atoms with Crippen LogP contribution in [0.2, 0.25) is 0 Å². The molecule has 1 saturated heterocycles. The smallest absolute Gasteiger partial charge is 0.225 e. The molecule has 5 heteroatoms. The highest BCUT2D eigenvalue weighted by Crippen LogP contribution is 2.32. The number of rotatable bonds is 2. The first-order valence-corrected chi connectivity index (χ1v) is 5.48. The predicted octanol–water partition coefficient (Wildman–Crippen LogP) is 0.381. The number of carbonyl (C=O) groups is 1. The van der Waals surface area contributed by atoms with Crippen LogP contribution in [-0.2, 0) is 4.79 Å². The molecule has 2 aliphatic rings. The van der Waals surface area contributed by atoms with E-state index in [1.54, 1.807) is 0 Å². The zero-order chi connectivity index (χ0) is 10.8. The van der Waals surface area contributed by atoms with Gasteiger partial charge in [0.1, 0.15) is 5.84 Å². The van der Waals surface area contributed by atoms with Gasteiger partial charge in [-0.1, -0.05) is 5.16 Å². The quantitative estimate of drug-likeness (QED) is 0.300. The third kappa shape index (κ3) is 2.22. The van der Waals surface area contributed by atoms with E-state index in [-0.39, 0.29) is 23.6 Å². The van der Waals surface area contributed by atoms with Crippen LogP contribution < -0.4 is 5.73 Å². The summed E-state index contributed by atoms with van der Waals surface area (Å²) in [6.07, 6.45) is 3.91. The molecule has 1 heterocycles. The van der Waals surface area contributed by atoms with E-state index in [0.29, 0.717) is 6.54 Å². The summed E-state index contributed by atoms with van der Waals surface area (Å²) in [5.41, 5.74) is 5.56. The van der Waals surface area contributed by atoms with Crippen LogP contribution in [0.15, 0.2) is 5.16 Å². The molecule has 0 aromatic rings. The maximum absolute atomic E-state index is 11.8. The highest BCUT2D eigenvalue weighted by atomic mass is 16.4. The van der Waals surface area contributed by atoms with Gasteiger partial charge in [0, 0.05) is 24.9 Å². The van der Waals surface area contributed by atoms with Crippen molar-refractivity contribution < 1.29 is 10.0 Å². The second-order valence-electron chi connectivity index (χ2n) is 4.42. The molecule has 84 valence electrons. The van der Waals surface area contributed by atoms with Crippen molar-refractivity contribution in [1.82, 2.24) is 4.90 Å². The molecule has 2 fully saturated rings. The summed E-state index contributed by atoms with van der Waals surface area (Å²) < 4.78 is 0. The molecule has 3 N–H and O–H groups in total. The molecule has 0 bridgehead atoms. The molecular formula is C10H17N3O2. The van der Waals surface area contributed by atoms with Crippen LogP contribution >= 0.6 is 0 Å². The Morgan fingerprint density at radius 1 is 1.33 bits per heavy atom. The molecule has 0 spiro atoms. The lowest BCUT2D eigenvalue weighted by atomic mass is 9.97. The van der Waals surface area contributed by atoms with Crippen LogP contribution in [0.25, 0.3) is 0 Å². The number of nitrogens with two attached hydrogens (primary N) is 1. The number of hydrogen-bond donors (Lipinski definition) is 2. The number of hydrogen-bond acceptors (Lipinski definition) is 3. The van der Waals surface area contributed by atoms with Crippen molar-refractivity contribution in [3.63, 3.8) is 0 Å². The molecule has 1 aliphatic carbocycles. The van der Waals surface area contributed by atoms with Gasteiger partial charge in [-0.25, -0.2) is 0 Å². The molecule has 5 nitrogen and oxygen atoms in total. The molecule has 15 heavy (non-hydrogen) atoms. The molecule has 2 rings (SSSR count). The predicted molar refractivity (Wildman–Crippen MR) is 55.4 cm³/mol. The number of nitrogens with zero attached hydrogens (tertiary/aromatic N) is 2. The number of amidine groups is 1. The SMILES string of the molecule is NC(=NO)C1CCCN(C(=O)C2CC2)C1. The van der Waals surface area contributed by atoms with E-state index in [1.807, 2.05) is 4.90 Å². The zero-order valence-electron chi connectivity index (χ0n) is 8.72. The fourth-order valence-corrected chi connectivity index (χ4v) is 2.09. The van der Waals surface area contributed by atoms with Gasteiger partial charge in [0.2, 0.25) is 5.91 Å². The van der Waals surface area contributed by atoms with Crippen molar-refractivity contribution in [2.75, 3.05) is 13.1 Å².